The van der Waals surface area contributed by atoms with Crippen LogP contribution in [0.1, 0.15) is 19.3 Å². The zero-order valence-electron chi connectivity index (χ0n) is 16.4. The van der Waals surface area contributed by atoms with Crippen LogP contribution >= 0.6 is 24.4 Å². The highest BCUT2D eigenvalue weighted by Gasteiger charge is 2.29. The molecule has 14 heteroatoms. The Labute approximate surface area is 183 Å². The van der Waals surface area contributed by atoms with Gasteiger partial charge in [-0.1, -0.05) is 0 Å². The molecule has 3 amide bonds. The van der Waals surface area contributed by atoms with Crippen molar-refractivity contribution < 1.29 is 39.3 Å². The summed E-state index contributed by atoms with van der Waals surface area (Å²) >= 11 is 5.40. The minimum Gasteiger partial charge on any atom is -0.481 e. The van der Waals surface area contributed by atoms with Gasteiger partial charge in [-0.15, -0.1) is 0 Å². The van der Waals surface area contributed by atoms with Crippen molar-refractivity contribution in [2.24, 2.45) is 5.73 Å². The number of amides is 3. The fourth-order valence-corrected chi connectivity index (χ4v) is 2.86. The summed E-state index contributed by atoms with van der Waals surface area (Å²) in [7, 11) is 0. The molecule has 0 spiro atoms. The molecule has 0 radical (unpaired) electrons. The van der Waals surface area contributed by atoms with E-state index in [1.54, 1.807) is 6.26 Å². The Bertz CT molecular complexity index is 622. The van der Waals surface area contributed by atoms with Crippen LogP contribution in [-0.4, -0.2) is 93.5 Å². The van der Waals surface area contributed by atoms with Gasteiger partial charge in [-0.2, -0.15) is 24.4 Å². The predicted octanol–water partition coefficient (Wildman–Crippen LogP) is -2.61. The second-order valence-corrected chi connectivity index (χ2v) is 7.56. The maximum atomic E-state index is 12.6. The Balaban J connectivity index is 5.13. The van der Waals surface area contributed by atoms with Gasteiger partial charge in [0.25, 0.3) is 0 Å². The van der Waals surface area contributed by atoms with E-state index in [2.05, 4.69) is 28.6 Å². The number of nitrogens with two attached hydrogens (primary N) is 1. The van der Waals surface area contributed by atoms with Crippen LogP contribution in [0.5, 0.6) is 0 Å². The summed E-state index contributed by atoms with van der Waals surface area (Å²) < 4.78 is 0. The average Bonchev–Trinajstić information content (AvgIpc) is 2.70. The molecule has 0 heterocycles. The molecule has 4 unspecified atom stereocenters. The van der Waals surface area contributed by atoms with Crippen molar-refractivity contribution in [2.75, 3.05) is 24.4 Å². The Morgan fingerprint density at radius 1 is 0.933 bits per heavy atom. The van der Waals surface area contributed by atoms with Crippen molar-refractivity contribution in [3.63, 3.8) is 0 Å². The minimum atomic E-state index is -1.46. The van der Waals surface area contributed by atoms with Crippen molar-refractivity contribution >= 4 is 54.1 Å². The lowest BCUT2D eigenvalue weighted by Gasteiger charge is -2.24. The third-order valence-electron chi connectivity index (χ3n) is 3.85. The third-order valence-corrected chi connectivity index (χ3v) is 4.86. The Kier molecular flexibility index (Phi) is 13.9. The van der Waals surface area contributed by atoms with Crippen molar-refractivity contribution in [1.82, 2.24) is 16.0 Å². The fraction of sp³-hybridized carbons (Fsp3) is 0.688. The quantitative estimate of drug-likeness (QED) is 0.117. The zero-order chi connectivity index (χ0) is 23.3. The molecular weight excluding hydrogens is 440 g/mol. The molecule has 0 aromatic carbocycles. The number of aliphatic hydroxyl groups is 1. The number of carbonyl (C=O) groups excluding carboxylic acids is 3. The van der Waals surface area contributed by atoms with Gasteiger partial charge in [0.15, 0.2) is 0 Å². The molecule has 0 saturated heterocycles. The van der Waals surface area contributed by atoms with Crippen molar-refractivity contribution in [2.45, 2.75) is 43.4 Å². The first-order chi connectivity index (χ1) is 14.1. The average molecular weight is 469 g/mol. The first-order valence-electron chi connectivity index (χ1n) is 8.89. The van der Waals surface area contributed by atoms with Crippen LogP contribution in [0.2, 0.25) is 0 Å². The zero-order valence-corrected chi connectivity index (χ0v) is 18.1. The monoisotopic (exact) mass is 468 g/mol. The number of thioether (sulfide) groups is 1. The first kappa shape index (κ1) is 28.0. The standard InChI is InChI=1S/C16H28N4O8S2/c1-30-5-4-9(18-13(24)8(17)6-21)14(25)20-11(7-29)15(26)19-10(16(27)28)2-3-12(22)23/h8-11,21,29H,2-7,17H2,1H3,(H,18,24)(H,19,26)(H,20,25)(H,22,23)(H,27,28). The summed E-state index contributed by atoms with van der Waals surface area (Å²) in [6.45, 7) is -0.614. The number of aliphatic hydroxyl groups excluding tert-OH is 1. The van der Waals surface area contributed by atoms with Crippen LogP contribution in [0.4, 0.5) is 0 Å². The Morgan fingerprint density at radius 2 is 1.47 bits per heavy atom. The molecule has 0 aromatic rings. The molecule has 0 aliphatic rings. The van der Waals surface area contributed by atoms with Gasteiger partial charge in [0.2, 0.25) is 17.7 Å². The van der Waals surface area contributed by atoms with E-state index in [1.165, 1.54) is 11.8 Å². The number of carboxylic acids is 2. The van der Waals surface area contributed by atoms with Crippen molar-refractivity contribution in [3.05, 3.63) is 0 Å². The lowest BCUT2D eigenvalue weighted by molar-refractivity contribution is -0.143. The van der Waals surface area contributed by atoms with E-state index < -0.39 is 66.9 Å². The van der Waals surface area contributed by atoms with E-state index in [4.69, 9.17) is 21.1 Å². The molecule has 0 bridgehead atoms. The van der Waals surface area contributed by atoms with E-state index in [-0.39, 0.29) is 18.6 Å². The molecule has 0 aliphatic carbocycles. The van der Waals surface area contributed by atoms with E-state index >= 15 is 0 Å². The number of hydrogen-bond donors (Lipinski definition) is 8. The largest absolute Gasteiger partial charge is 0.481 e. The van der Waals surface area contributed by atoms with Gasteiger partial charge in [-0.05, 0) is 24.9 Å². The molecule has 4 atom stereocenters. The lowest BCUT2D eigenvalue weighted by atomic mass is 10.1. The molecule has 30 heavy (non-hydrogen) atoms. The maximum Gasteiger partial charge on any atom is 0.326 e. The Morgan fingerprint density at radius 3 is 1.93 bits per heavy atom. The summed E-state index contributed by atoms with van der Waals surface area (Å²) in [5.41, 5.74) is 5.43. The van der Waals surface area contributed by atoms with Crippen molar-refractivity contribution in [1.29, 1.82) is 0 Å². The van der Waals surface area contributed by atoms with Gasteiger partial charge in [0.1, 0.15) is 24.2 Å². The maximum absolute atomic E-state index is 12.6. The number of hydrogen-bond acceptors (Lipinski definition) is 9. The highest BCUT2D eigenvalue weighted by Crippen LogP contribution is 2.04. The predicted molar refractivity (Wildman–Crippen MR) is 112 cm³/mol. The molecule has 0 aromatic heterocycles. The van der Waals surface area contributed by atoms with Crippen molar-refractivity contribution in [3.8, 4) is 0 Å². The van der Waals surface area contributed by atoms with Gasteiger partial charge in [-0.3, -0.25) is 19.2 Å². The molecule has 8 N–H and O–H groups in total. The first-order valence-corrected chi connectivity index (χ1v) is 10.9. The second-order valence-electron chi connectivity index (χ2n) is 6.21. The minimum absolute atomic E-state index is 0.178. The summed E-state index contributed by atoms with van der Waals surface area (Å²) in [4.78, 5) is 58.7. The number of rotatable bonds is 15. The highest BCUT2D eigenvalue weighted by molar-refractivity contribution is 7.98. The molecule has 172 valence electrons. The van der Waals surface area contributed by atoms with Gasteiger partial charge in [0, 0.05) is 12.2 Å². The molecule has 0 rings (SSSR count). The lowest BCUT2D eigenvalue weighted by Crippen LogP contribution is -2.58. The van der Waals surface area contributed by atoms with Crippen LogP contribution in [0, 0.1) is 0 Å². The van der Waals surface area contributed by atoms with Gasteiger partial charge in [-0.25, -0.2) is 4.79 Å². The molecule has 0 saturated carbocycles. The topological polar surface area (TPSA) is 208 Å². The molecule has 0 aliphatic heterocycles. The second kappa shape index (κ2) is 14.9. The SMILES string of the molecule is CSCCC(NC(=O)C(N)CO)C(=O)NC(CS)C(=O)NC(CCC(=O)O)C(=O)O. The van der Waals surface area contributed by atoms with Crippen LogP contribution in [0.15, 0.2) is 0 Å². The number of thiol groups is 1. The molecular formula is C16H28N4O8S2. The summed E-state index contributed by atoms with van der Waals surface area (Å²) in [6, 6.07) is -4.95. The fourth-order valence-electron chi connectivity index (χ4n) is 2.13. The van der Waals surface area contributed by atoms with Crippen LogP contribution in [0.25, 0.3) is 0 Å². The van der Waals surface area contributed by atoms with Gasteiger partial charge >= 0.3 is 11.9 Å². The van der Waals surface area contributed by atoms with E-state index in [9.17, 15) is 24.0 Å². The molecule has 0 fully saturated rings. The number of carboxylic acid groups (broad SMARTS) is 2. The van der Waals surface area contributed by atoms with Crippen LogP contribution in [0.3, 0.4) is 0 Å². The summed E-state index contributed by atoms with van der Waals surface area (Å²) in [6.07, 6.45) is 1.20. The normalized spacial score (nSPS) is 14.7. The van der Waals surface area contributed by atoms with Crippen LogP contribution < -0.4 is 21.7 Å². The molecule has 12 nitrogen and oxygen atoms in total. The summed E-state index contributed by atoms with van der Waals surface area (Å²) in [5, 5.41) is 33.7. The number of aliphatic carboxylic acids is 2. The van der Waals surface area contributed by atoms with Gasteiger partial charge in [0.05, 0.1) is 6.61 Å². The number of nitrogens with one attached hydrogen (secondary N) is 3. The summed E-state index contributed by atoms with van der Waals surface area (Å²) in [5.74, 6) is -4.64. The van der Waals surface area contributed by atoms with Crippen LogP contribution in [-0.2, 0) is 24.0 Å². The smallest absolute Gasteiger partial charge is 0.326 e. The van der Waals surface area contributed by atoms with E-state index in [1.807, 2.05) is 0 Å². The van der Waals surface area contributed by atoms with Gasteiger partial charge < -0.3 is 37.0 Å². The van der Waals surface area contributed by atoms with E-state index in [0.29, 0.717) is 5.75 Å². The van der Waals surface area contributed by atoms with E-state index in [0.717, 1.165) is 0 Å². The highest BCUT2D eigenvalue weighted by atomic mass is 32.2. The number of carbonyl (C=O) groups is 5. The third kappa shape index (κ3) is 10.7. The Hall–Kier alpha value is -2.03.